The van der Waals surface area contributed by atoms with Crippen LogP contribution in [-0.4, -0.2) is 16.0 Å². The molecule has 1 N–H and O–H groups in total. The largest absolute Gasteiger partial charge is 0.360 e. The first kappa shape index (κ1) is 11.2. The molecule has 0 atom stereocenters. The number of pyridine rings is 1. The van der Waals surface area contributed by atoms with Gasteiger partial charge in [0.2, 0.25) is 5.95 Å². The first-order valence-electron chi connectivity index (χ1n) is 4.62. The highest BCUT2D eigenvalue weighted by Gasteiger charge is 2.17. The summed E-state index contributed by atoms with van der Waals surface area (Å²) >= 11 is 0. The Morgan fingerprint density at radius 2 is 2.24 bits per heavy atom. The number of halogens is 2. The molecular weight excluding hydrogens is 232 g/mol. The van der Waals surface area contributed by atoms with E-state index in [-0.39, 0.29) is 5.82 Å². The third-order valence-corrected chi connectivity index (χ3v) is 1.96. The zero-order chi connectivity index (χ0) is 12.4. The van der Waals surface area contributed by atoms with Crippen LogP contribution < -0.4 is 5.32 Å². The molecule has 0 aliphatic rings. The first-order valence-corrected chi connectivity index (χ1v) is 4.62. The molecule has 0 unspecified atom stereocenters. The van der Waals surface area contributed by atoms with E-state index in [0.29, 0.717) is 5.76 Å². The Morgan fingerprint density at radius 3 is 2.88 bits per heavy atom. The van der Waals surface area contributed by atoms with Crippen LogP contribution in [-0.2, 0) is 0 Å². The molecule has 88 valence electrons. The van der Waals surface area contributed by atoms with Gasteiger partial charge in [-0.1, -0.05) is 5.16 Å². The van der Waals surface area contributed by atoms with Gasteiger partial charge in [-0.2, -0.15) is 4.39 Å². The number of aryl methyl sites for hydroxylation is 1. The molecule has 0 aliphatic carbocycles. The van der Waals surface area contributed by atoms with E-state index in [1.165, 1.54) is 6.07 Å². The molecule has 0 saturated carbocycles. The van der Waals surface area contributed by atoms with Crippen LogP contribution in [0, 0.1) is 18.7 Å². The third-order valence-electron chi connectivity index (χ3n) is 1.96. The van der Waals surface area contributed by atoms with Crippen LogP contribution in [0.15, 0.2) is 22.9 Å². The van der Waals surface area contributed by atoms with Crippen LogP contribution in [0.3, 0.4) is 0 Å². The molecule has 0 radical (unpaired) electrons. The van der Waals surface area contributed by atoms with E-state index in [1.54, 1.807) is 6.92 Å². The second-order valence-electron chi connectivity index (χ2n) is 3.24. The smallest absolute Gasteiger partial charge is 0.260 e. The highest BCUT2D eigenvalue weighted by molar-refractivity contribution is 6.03. The number of nitrogens with one attached hydrogen (secondary N) is 1. The Bertz CT molecular complexity index is 568. The Labute approximate surface area is 94.4 Å². The van der Waals surface area contributed by atoms with E-state index in [2.05, 4.69) is 15.5 Å². The molecule has 2 heterocycles. The van der Waals surface area contributed by atoms with Crippen molar-refractivity contribution in [2.75, 3.05) is 5.32 Å². The summed E-state index contributed by atoms with van der Waals surface area (Å²) in [5.74, 6) is -2.83. The monoisotopic (exact) mass is 239 g/mol. The lowest BCUT2D eigenvalue weighted by Crippen LogP contribution is -2.15. The van der Waals surface area contributed by atoms with Crippen LogP contribution in [0.5, 0.6) is 0 Å². The van der Waals surface area contributed by atoms with Crippen molar-refractivity contribution in [3.05, 3.63) is 41.4 Å². The third kappa shape index (κ3) is 2.27. The number of amides is 1. The van der Waals surface area contributed by atoms with Crippen molar-refractivity contribution in [3.63, 3.8) is 0 Å². The maximum Gasteiger partial charge on any atom is 0.260 e. The fraction of sp³-hybridized carbons (Fsp3) is 0.100. The predicted molar refractivity (Wildman–Crippen MR) is 53.3 cm³/mol. The van der Waals surface area contributed by atoms with Crippen molar-refractivity contribution in [2.45, 2.75) is 6.92 Å². The van der Waals surface area contributed by atoms with Gasteiger partial charge in [0, 0.05) is 12.3 Å². The molecule has 0 fully saturated rings. The van der Waals surface area contributed by atoms with Gasteiger partial charge in [0.1, 0.15) is 5.76 Å². The van der Waals surface area contributed by atoms with Crippen LogP contribution >= 0.6 is 0 Å². The maximum atomic E-state index is 13.2. The Balaban J connectivity index is 2.23. The van der Waals surface area contributed by atoms with Crippen molar-refractivity contribution in [1.29, 1.82) is 0 Å². The summed E-state index contributed by atoms with van der Waals surface area (Å²) in [4.78, 5) is 14.6. The zero-order valence-corrected chi connectivity index (χ0v) is 8.70. The number of aromatic nitrogens is 2. The van der Waals surface area contributed by atoms with E-state index < -0.39 is 23.2 Å². The van der Waals surface area contributed by atoms with E-state index >= 15 is 0 Å². The minimum Gasteiger partial charge on any atom is -0.360 e. The molecule has 0 saturated heterocycles. The number of anilines is 1. The minimum absolute atomic E-state index is 0.129. The lowest BCUT2D eigenvalue weighted by molar-refractivity contribution is 0.102. The van der Waals surface area contributed by atoms with Crippen molar-refractivity contribution < 1.29 is 18.1 Å². The van der Waals surface area contributed by atoms with Crippen molar-refractivity contribution in [3.8, 4) is 0 Å². The quantitative estimate of drug-likeness (QED) is 0.813. The van der Waals surface area contributed by atoms with Crippen molar-refractivity contribution >= 4 is 11.7 Å². The zero-order valence-electron chi connectivity index (χ0n) is 8.70. The number of carbonyl (C=O) groups excluding carboxylic acids is 1. The number of carbonyl (C=O) groups is 1. The molecule has 0 spiro atoms. The first-order chi connectivity index (χ1) is 8.08. The van der Waals surface area contributed by atoms with Gasteiger partial charge in [-0.05, 0) is 13.0 Å². The summed E-state index contributed by atoms with van der Waals surface area (Å²) < 4.78 is 30.7. The molecule has 17 heavy (non-hydrogen) atoms. The fourth-order valence-corrected chi connectivity index (χ4v) is 1.20. The minimum atomic E-state index is -1.33. The molecular formula is C10H7F2N3O2. The molecule has 1 amide bonds. The van der Waals surface area contributed by atoms with Gasteiger partial charge < -0.3 is 9.84 Å². The lowest BCUT2D eigenvalue weighted by Gasteiger charge is -2.02. The van der Waals surface area contributed by atoms with Gasteiger partial charge in [-0.15, -0.1) is 0 Å². The summed E-state index contributed by atoms with van der Waals surface area (Å²) in [6.45, 7) is 1.63. The number of nitrogens with zero attached hydrogens (tertiary/aromatic N) is 2. The van der Waals surface area contributed by atoms with Crippen molar-refractivity contribution in [1.82, 2.24) is 10.1 Å². The van der Waals surface area contributed by atoms with E-state index in [4.69, 9.17) is 4.52 Å². The van der Waals surface area contributed by atoms with Crippen LogP contribution in [0.1, 0.15) is 16.1 Å². The summed E-state index contributed by atoms with van der Waals surface area (Å²) in [6.07, 6.45) is 1.00. The average molecular weight is 239 g/mol. The standard InChI is InChI=1S/C10H7F2N3O2/c1-5-4-7(15-17-5)14-10(16)6-2-3-13-9(12)8(6)11/h2-4H,1H3,(H,14,15,16). The molecule has 5 nitrogen and oxygen atoms in total. The molecule has 0 aliphatic heterocycles. The number of rotatable bonds is 2. The lowest BCUT2D eigenvalue weighted by atomic mass is 10.2. The highest BCUT2D eigenvalue weighted by Crippen LogP contribution is 2.12. The second-order valence-corrected chi connectivity index (χ2v) is 3.24. The summed E-state index contributed by atoms with van der Waals surface area (Å²) in [5, 5.41) is 5.76. The van der Waals surface area contributed by atoms with Gasteiger partial charge in [-0.25, -0.2) is 9.37 Å². The van der Waals surface area contributed by atoms with Crippen LogP contribution in [0.2, 0.25) is 0 Å². The maximum absolute atomic E-state index is 13.2. The van der Waals surface area contributed by atoms with Gasteiger partial charge >= 0.3 is 0 Å². The molecule has 0 bridgehead atoms. The highest BCUT2D eigenvalue weighted by atomic mass is 19.2. The number of hydrogen-bond acceptors (Lipinski definition) is 4. The van der Waals surface area contributed by atoms with Gasteiger partial charge in [-0.3, -0.25) is 4.79 Å². The normalized spacial score (nSPS) is 10.3. The van der Waals surface area contributed by atoms with Crippen LogP contribution in [0.25, 0.3) is 0 Å². The summed E-state index contributed by atoms with van der Waals surface area (Å²) in [7, 11) is 0. The number of hydrogen-bond donors (Lipinski definition) is 1. The van der Waals surface area contributed by atoms with Gasteiger partial charge in [0.15, 0.2) is 11.6 Å². The topological polar surface area (TPSA) is 68.0 Å². The Morgan fingerprint density at radius 1 is 1.47 bits per heavy atom. The van der Waals surface area contributed by atoms with E-state index in [1.807, 2.05) is 0 Å². The van der Waals surface area contributed by atoms with Gasteiger partial charge in [0.05, 0.1) is 5.56 Å². The Kier molecular flexibility index (Phi) is 2.82. The van der Waals surface area contributed by atoms with Gasteiger partial charge in [0.25, 0.3) is 5.91 Å². The van der Waals surface area contributed by atoms with E-state index in [9.17, 15) is 13.6 Å². The van der Waals surface area contributed by atoms with E-state index in [0.717, 1.165) is 12.3 Å². The fourth-order valence-electron chi connectivity index (χ4n) is 1.20. The molecule has 2 rings (SSSR count). The summed E-state index contributed by atoms with van der Waals surface area (Å²) in [6, 6.07) is 2.52. The predicted octanol–water partition coefficient (Wildman–Crippen LogP) is 1.91. The van der Waals surface area contributed by atoms with Crippen LogP contribution in [0.4, 0.5) is 14.6 Å². The molecule has 2 aromatic rings. The molecule has 7 heteroatoms. The summed E-state index contributed by atoms with van der Waals surface area (Å²) in [5.41, 5.74) is -0.446. The van der Waals surface area contributed by atoms with Crippen molar-refractivity contribution in [2.24, 2.45) is 0 Å². The average Bonchev–Trinajstić information content (AvgIpc) is 2.68. The molecule has 0 aromatic carbocycles. The second kappa shape index (κ2) is 4.28. The Hall–Kier alpha value is -2.31. The SMILES string of the molecule is Cc1cc(NC(=O)c2ccnc(F)c2F)no1. The molecule has 2 aromatic heterocycles.